The molecule has 3 aromatic rings. The minimum Gasteiger partial charge on any atom is -0.483 e. The van der Waals surface area contributed by atoms with E-state index in [1.165, 1.54) is 11.3 Å². The van der Waals surface area contributed by atoms with E-state index < -0.39 is 0 Å². The summed E-state index contributed by atoms with van der Waals surface area (Å²) < 4.78 is 5.61. The van der Waals surface area contributed by atoms with Crippen molar-refractivity contribution in [2.75, 3.05) is 6.61 Å². The fraction of sp³-hybridized carbons (Fsp3) is 0.211. The van der Waals surface area contributed by atoms with Gasteiger partial charge in [0.15, 0.2) is 6.61 Å². The topological polar surface area (TPSA) is 64.1 Å². The molecule has 0 aliphatic carbocycles. The van der Waals surface area contributed by atoms with Crippen LogP contribution in [0.4, 0.5) is 0 Å². The van der Waals surface area contributed by atoms with E-state index in [0.29, 0.717) is 6.54 Å². The predicted molar refractivity (Wildman–Crippen MR) is 98.5 cm³/mol. The molecule has 1 amide bonds. The van der Waals surface area contributed by atoms with Crippen molar-refractivity contribution >= 4 is 17.2 Å². The molecule has 0 radical (unpaired) electrons. The second kappa shape index (κ2) is 8.39. The Balaban J connectivity index is 1.50. The number of rotatable bonds is 7. The highest BCUT2D eigenvalue weighted by atomic mass is 32.1. The van der Waals surface area contributed by atoms with Crippen LogP contribution in [-0.2, 0) is 17.8 Å². The average Bonchev–Trinajstić information content (AvgIpc) is 3.14. The maximum absolute atomic E-state index is 12.0. The Labute approximate surface area is 150 Å². The highest BCUT2D eigenvalue weighted by molar-refractivity contribution is 7.13. The zero-order valence-corrected chi connectivity index (χ0v) is 14.8. The summed E-state index contributed by atoms with van der Waals surface area (Å²) in [6, 6.07) is 11.6. The molecule has 0 unspecified atom stereocenters. The number of nitrogens with one attached hydrogen (secondary N) is 1. The van der Waals surface area contributed by atoms with Crippen LogP contribution in [0.25, 0.3) is 10.6 Å². The molecule has 0 aliphatic heterocycles. The van der Waals surface area contributed by atoms with Crippen molar-refractivity contribution in [2.24, 2.45) is 0 Å². The number of aryl methyl sites for hydroxylation is 1. The standard InChI is InChI=1S/C19H19N3O2S/c1-2-14-6-3-4-8-17(14)24-12-18(23)21-11-16-13-25-19(22-16)15-7-5-9-20-10-15/h3-10,13H,2,11-12H2,1H3,(H,21,23). The van der Waals surface area contributed by atoms with Crippen molar-refractivity contribution in [1.29, 1.82) is 0 Å². The third-order valence-electron chi connectivity index (χ3n) is 3.64. The van der Waals surface area contributed by atoms with Crippen LogP contribution in [0.2, 0.25) is 0 Å². The Morgan fingerprint density at radius 2 is 2.12 bits per heavy atom. The lowest BCUT2D eigenvalue weighted by Gasteiger charge is -2.10. The van der Waals surface area contributed by atoms with Gasteiger partial charge in [-0.25, -0.2) is 4.98 Å². The maximum atomic E-state index is 12.0. The monoisotopic (exact) mass is 353 g/mol. The number of benzene rings is 1. The lowest BCUT2D eigenvalue weighted by Crippen LogP contribution is -2.28. The first kappa shape index (κ1) is 17.1. The van der Waals surface area contributed by atoms with Crippen LogP contribution < -0.4 is 10.1 Å². The Morgan fingerprint density at radius 1 is 1.24 bits per heavy atom. The third-order valence-corrected chi connectivity index (χ3v) is 4.58. The molecule has 3 rings (SSSR count). The second-order valence-corrected chi connectivity index (χ2v) is 6.27. The molecule has 2 aromatic heterocycles. The molecule has 128 valence electrons. The van der Waals surface area contributed by atoms with Gasteiger partial charge in [-0.2, -0.15) is 0 Å². The summed E-state index contributed by atoms with van der Waals surface area (Å²) in [4.78, 5) is 20.6. The summed E-state index contributed by atoms with van der Waals surface area (Å²) in [7, 11) is 0. The molecule has 1 N–H and O–H groups in total. The number of nitrogens with zero attached hydrogens (tertiary/aromatic N) is 2. The van der Waals surface area contributed by atoms with E-state index in [0.717, 1.165) is 34.0 Å². The van der Waals surface area contributed by atoms with Gasteiger partial charge in [0.25, 0.3) is 5.91 Å². The molecule has 0 saturated carbocycles. The van der Waals surface area contributed by atoms with Gasteiger partial charge in [-0.3, -0.25) is 9.78 Å². The smallest absolute Gasteiger partial charge is 0.258 e. The molecule has 1 aromatic carbocycles. The van der Waals surface area contributed by atoms with Crippen LogP contribution in [0.5, 0.6) is 5.75 Å². The van der Waals surface area contributed by atoms with Gasteiger partial charge in [-0.1, -0.05) is 25.1 Å². The third kappa shape index (κ3) is 4.64. The molecule has 0 spiro atoms. The van der Waals surface area contributed by atoms with E-state index in [4.69, 9.17) is 4.74 Å². The number of carbonyl (C=O) groups excluding carboxylic acids is 1. The normalized spacial score (nSPS) is 10.4. The van der Waals surface area contributed by atoms with E-state index >= 15 is 0 Å². The first-order chi connectivity index (χ1) is 12.3. The summed E-state index contributed by atoms with van der Waals surface area (Å²) in [6.45, 7) is 2.44. The van der Waals surface area contributed by atoms with E-state index in [1.54, 1.807) is 12.4 Å². The first-order valence-electron chi connectivity index (χ1n) is 8.08. The molecule has 0 atom stereocenters. The number of carbonyl (C=O) groups is 1. The number of hydrogen-bond donors (Lipinski definition) is 1. The van der Waals surface area contributed by atoms with Crippen molar-refractivity contribution in [3.63, 3.8) is 0 Å². The summed E-state index contributed by atoms with van der Waals surface area (Å²) in [5, 5.41) is 5.67. The van der Waals surface area contributed by atoms with Crippen LogP contribution in [0.3, 0.4) is 0 Å². The van der Waals surface area contributed by atoms with E-state index in [9.17, 15) is 4.79 Å². The minimum absolute atomic E-state index is 0.00336. The minimum atomic E-state index is -0.165. The van der Waals surface area contributed by atoms with Crippen LogP contribution in [0.1, 0.15) is 18.2 Å². The van der Waals surface area contributed by atoms with Crippen molar-refractivity contribution in [3.05, 3.63) is 65.4 Å². The molecule has 5 nitrogen and oxygen atoms in total. The molecule has 0 bridgehead atoms. The summed E-state index contributed by atoms with van der Waals surface area (Å²) in [5.41, 5.74) is 2.90. The fourth-order valence-electron chi connectivity index (χ4n) is 2.33. The Kier molecular flexibility index (Phi) is 5.74. The number of para-hydroxylation sites is 1. The number of thiazole rings is 1. The van der Waals surface area contributed by atoms with Gasteiger partial charge in [-0.05, 0) is 30.2 Å². The highest BCUT2D eigenvalue weighted by Gasteiger charge is 2.08. The number of ether oxygens (including phenoxy) is 1. The summed E-state index contributed by atoms with van der Waals surface area (Å²) in [6.07, 6.45) is 4.38. The van der Waals surface area contributed by atoms with E-state index in [-0.39, 0.29) is 12.5 Å². The summed E-state index contributed by atoms with van der Waals surface area (Å²) in [5.74, 6) is 0.592. The number of aromatic nitrogens is 2. The van der Waals surface area contributed by atoms with E-state index in [2.05, 4.69) is 22.2 Å². The second-order valence-electron chi connectivity index (χ2n) is 5.41. The molecule has 0 fully saturated rings. The van der Waals surface area contributed by atoms with Crippen LogP contribution in [0.15, 0.2) is 54.2 Å². The van der Waals surface area contributed by atoms with Crippen molar-refractivity contribution in [1.82, 2.24) is 15.3 Å². The average molecular weight is 353 g/mol. The van der Waals surface area contributed by atoms with Gasteiger partial charge in [0.2, 0.25) is 0 Å². The van der Waals surface area contributed by atoms with Crippen molar-refractivity contribution in [3.8, 4) is 16.3 Å². The van der Waals surface area contributed by atoms with Gasteiger partial charge in [0.05, 0.1) is 12.2 Å². The molecule has 6 heteroatoms. The fourth-order valence-corrected chi connectivity index (χ4v) is 3.14. The van der Waals surface area contributed by atoms with Crippen LogP contribution in [-0.4, -0.2) is 22.5 Å². The van der Waals surface area contributed by atoms with Crippen molar-refractivity contribution in [2.45, 2.75) is 19.9 Å². The molecule has 0 aliphatic rings. The molecule has 2 heterocycles. The SMILES string of the molecule is CCc1ccccc1OCC(=O)NCc1csc(-c2cccnc2)n1. The van der Waals surface area contributed by atoms with Crippen LogP contribution >= 0.6 is 11.3 Å². The number of hydrogen-bond acceptors (Lipinski definition) is 5. The number of pyridine rings is 1. The Bertz CT molecular complexity index is 833. The molecular weight excluding hydrogens is 334 g/mol. The maximum Gasteiger partial charge on any atom is 0.258 e. The van der Waals surface area contributed by atoms with Crippen molar-refractivity contribution < 1.29 is 9.53 Å². The van der Waals surface area contributed by atoms with Crippen LogP contribution in [0, 0.1) is 0 Å². The molecular formula is C19H19N3O2S. The number of amides is 1. The predicted octanol–water partition coefficient (Wildman–Crippen LogP) is 3.46. The zero-order chi connectivity index (χ0) is 17.5. The van der Waals surface area contributed by atoms with Gasteiger partial charge in [-0.15, -0.1) is 11.3 Å². The Morgan fingerprint density at radius 3 is 2.92 bits per heavy atom. The largest absolute Gasteiger partial charge is 0.483 e. The Hall–Kier alpha value is -2.73. The molecule has 25 heavy (non-hydrogen) atoms. The quantitative estimate of drug-likeness (QED) is 0.706. The summed E-state index contributed by atoms with van der Waals surface area (Å²) >= 11 is 1.54. The first-order valence-corrected chi connectivity index (χ1v) is 8.96. The lowest BCUT2D eigenvalue weighted by atomic mass is 10.1. The molecule has 0 saturated heterocycles. The van der Waals surface area contributed by atoms with Gasteiger partial charge >= 0.3 is 0 Å². The zero-order valence-electron chi connectivity index (χ0n) is 13.9. The highest BCUT2D eigenvalue weighted by Crippen LogP contribution is 2.22. The van der Waals surface area contributed by atoms with E-state index in [1.807, 2.05) is 41.8 Å². The van der Waals surface area contributed by atoms with Gasteiger partial charge in [0, 0.05) is 23.3 Å². The lowest BCUT2D eigenvalue weighted by molar-refractivity contribution is -0.123. The van der Waals surface area contributed by atoms with Gasteiger partial charge in [0.1, 0.15) is 10.8 Å². The van der Waals surface area contributed by atoms with Gasteiger partial charge < -0.3 is 10.1 Å².